The number of nitrogens with two attached hydrogens (primary N) is 1. The molecule has 17 heavy (non-hydrogen) atoms. The van der Waals surface area contributed by atoms with Gasteiger partial charge in [0.2, 0.25) is 0 Å². The first-order chi connectivity index (χ1) is 8.31. The van der Waals surface area contributed by atoms with Gasteiger partial charge in [-0.1, -0.05) is 30.3 Å². The molecule has 6 nitrogen and oxygen atoms in total. The van der Waals surface area contributed by atoms with E-state index in [9.17, 15) is 0 Å². The van der Waals surface area contributed by atoms with Crippen LogP contribution in [-0.2, 0) is 13.6 Å². The molecule has 0 radical (unpaired) electrons. The normalized spacial score (nSPS) is 11.2. The highest BCUT2D eigenvalue weighted by Gasteiger charge is 2.14. The van der Waals surface area contributed by atoms with Gasteiger partial charge in [0.25, 0.3) is 5.78 Å². The number of aromatic nitrogens is 5. The maximum absolute atomic E-state index is 5.59. The summed E-state index contributed by atoms with van der Waals surface area (Å²) in [6, 6.07) is 9.96. The van der Waals surface area contributed by atoms with E-state index < -0.39 is 0 Å². The minimum Gasteiger partial charge on any atom is -0.324 e. The highest BCUT2D eigenvalue weighted by atomic mass is 15.5. The van der Waals surface area contributed by atoms with E-state index in [0.29, 0.717) is 18.1 Å². The van der Waals surface area contributed by atoms with Crippen LogP contribution in [0.2, 0.25) is 0 Å². The Hall–Kier alpha value is -2.21. The summed E-state index contributed by atoms with van der Waals surface area (Å²) >= 11 is 0. The number of hydrogen-bond acceptors (Lipinski definition) is 4. The number of rotatable bonds is 2. The summed E-state index contributed by atoms with van der Waals surface area (Å²) < 4.78 is 3.59. The van der Waals surface area contributed by atoms with Crippen molar-refractivity contribution in [1.82, 2.24) is 24.4 Å². The van der Waals surface area contributed by atoms with Gasteiger partial charge in [0.15, 0.2) is 11.6 Å². The SMILES string of the molecule is Cn1c(-c2ccccc2)nn2c(CN)nnc12. The summed E-state index contributed by atoms with van der Waals surface area (Å²) in [5, 5.41) is 12.5. The molecule has 0 fully saturated rings. The quantitative estimate of drug-likeness (QED) is 0.696. The van der Waals surface area contributed by atoms with Crippen molar-refractivity contribution in [2.75, 3.05) is 0 Å². The molecule has 0 unspecified atom stereocenters. The highest BCUT2D eigenvalue weighted by molar-refractivity contribution is 5.57. The summed E-state index contributed by atoms with van der Waals surface area (Å²) in [5.74, 6) is 2.22. The molecule has 1 aromatic carbocycles. The van der Waals surface area contributed by atoms with E-state index in [4.69, 9.17) is 5.73 Å². The third kappa shape index (κ3) is 1.42. The Labute approximate surface area is 97.7 Å². The van der Waals surface area contributed by atoms with Crippen LogP contribution in [0.15, 0.2) is 30.3 Å². The Balaban J connectivity index is 2.25. The minimum atomic E-state index is 0.326. The molecule has 3 aromatic rings. The van der Waals surface area contributed by atoms with Crippen molar-refractivity contribution in [2.24, 2.45) is 12.8 Å². The number of nitrogens with zero attached hydrogens (tertiary/aromatic N) is 5. The van der Waals surface area contributed by atoms with Crippen LogP contribution in [0.25, 0.3) is 17.2 Å². The molecule has 2 N–H and O–H groups in total. The van der Waals surface area contributed by atoms with E-state index in [1.807, 2.05) is 41.9 Å². The largest absolute Gasteiger partial charge is 0.324 e. The lowest BCUT2D eigenvalue weighted by Gasteiger charge is -1.98. The van der Waals surface area contributed by atoms with Crippen LogP contribution in [-0.4, -0.2) is 24.4 Å². The molecule has 0 amide bonds. The molecule has 2 heterocycles. The van der Waals surface area contributed by atoms with Crippen molar-refractivity contribution in [3.05, 3.63) is 36.2 Å². The lowest BCUT2D eigenvalue weighted by molar-refractivity contribution is 0.818. The van der Waals surface area contributed by atoms with E-state index in [2.05, 4.69) is 15.3 Å². The molecule has 86 valence electrons. The van der Waals surface area contributed by atoms with Gasteiger partial charge in [0.1, 0.15) is 0 Å². The van der Waals surface area contributed by atoms with Crippen LogP contribution in [0, 0.1) is 0 Å². The summed E-state index contributed by atoms with van der Waals surface area (Å²) in [6.07, 6.45) is 0. The van der Waals surface area contributed by atoms with E-state index in [0.717, 1.165) is 11.4 Å². The second-order valence-corrected chi connectivity index (χ2v) is 3.78. The average molecular weight is 228 g/mol. The topological polar surface area (TPSA) is 74.0 Å². The van der Waals surface area contributed by atoms with Crippen molar-refractivity contribution in [1.29, 1.82) is 0 Å². The molecule has 6 heteroatoms. The Morgan fingerprint density at radius 3 is 2.65 bits per heavy atom. The number of fused-ring (bicyclic) bond motifs is 1. The zero-order chi connectivity index (χ0) is 11.8. The first-order valence-electron chi connectivity index (χ1n) is 5.33. The Morgan fingerprint density at radius 1 is 1.18 bits per heavy atom. The Morgan fingerprint density at radius 2 is 1.94 bits per heavy atom. The van der Waals surface area contributed by atoms with Gasteiger partial charge < -0.3 is 5.73 Å². The second kappa shape index (κ2) is 3.67. The number of aryl methyl sites for hydroxylation is 1. The van der Waals surface area contributed by atoms with Gasteiger partial charge in [0, 0.05) is 12.6 Å². The lowest BCUT2D eigenvalue weighted by Crippen LogP contribution is -2.03. The van der Waals surface area contributed by atoms with E-state index in [1.54, 1.807) is 4.52 Å². The Bertz CT molecular complexity index is 651. The van der Waals surface area contributed by atoms with Gasteiger partial charge in [-0.3, -0.25) is 4.57 Å². The second-order valence-electron chi connectivity index (χ2n) is 3.78. The smallest absolute Gasteiger partial charge is 0.253 e. The molecule has 0 bridgehead atoms. The van der Waals surface area contributed by atoms with Crippen molar-refractivity contribution in [2.45, 2.75) is 6.54 Å². The zero-order valence-electron chi connectivity index (χ0n) is 9.41. The third-order valence-electron chi connectivity index (χ3n) is 2.72. The molecular weight excluding hydrogens is 216 g/mol. The summed E-state index contributed by atoms with van der Waals surface area (Å²) in [4.78, 5) is 0. The maximum Gasteiger partial charge on any atom is 0.253 e. The molecule has 0 saturated heterocycles. The van der Waals surface area contributed by atoms with Crippen LogP contribution < -0.4 is 5.73 Å². The van der Waals surface area contributed by atoms with Gasteiger partial charge >= 0.3 is 0 Å². The monoisotopic (exact) mass is 228 g/mol. The number of benzene rings is 1. The van der Waals surface area contributed by atoms with Crippen LogP contribution in [0.3, 0.4) is 0 Å². The van der Waals surface area contributed by atoms with Gasteiger partial charge in [-0.2, -0.15) is 4.52 Å². The van der Waals surface area contributed by atoms with Crippen LogP contribution in [0.1, 0.15) is 5.82 Å². The molecule has 0 aliphatic rings. The van der Waals surface area contributed by atoms with Crippen molar-refractivity contribution in [3.63, 3.8) is 0 Å². The minimum absolute atomic E-state index is 0.326. The zero-order valence-corrected chi connectivity index (χ0v) is 9.41. The van der Waals surface area contributed by atoms with Crippen LogP contribution in [0.5, 0.6) is 0 Å². The van der Waals surface area contributed by atoms with E-state index >= 15 is 0 Å². The van der Waals surface area contributed by atoms with Gasteiger partial charge in [-0.25, -0.2) is 0 Å². The summed E-state index contributed by atoms with van der Waals surface area (Å²) in [5.41, 5.74) is 6.63. The molecule has 0 aliphatic carbocycles. The fourth-order valence-electron chi connectivity index (χ4n) is 1.84. The highest BCUT2D eigenvalue weighted by Crippen LogP contribution is 2.18. The van der Waals surface area contributed by atoms with Crippen molar-refractivity contribution >= 4 is 5.78 Å². The van der Waals surface area contributed by atoms with Gasteiger partial charge in [0.05, 0.1) is 6.54 Å². The van der Waals surface area contributed by atoms with Gasteiger partial charge in [-0.05, 0) is 0 Å². The van der Waals surface area contributed by atoms with Crippen molar-refractivity contribution in [3.8, 4) is 11.4 Å². The predicted octanol–water partition coefficient (Wildman–Crippen LogP) is 0.588. The molecule has 0 saturated carbocycles. The first kappa shape index (κ1) is 9.98. The molecule has 0 atom stereocenters. The number of hydrogen-bond donors (Lipinski definition) is 1. The lowest BCUT2D eigenvalue weighted by atomic mass is 10.2. The summed E-state index contributed by atoms with van der Waals surface area (Å²) in [6.45, 7) is 0.326. The fraction of sp³-hybridized carbons (Fsp3) is 0.182. The maximum atomic E-state index is 5.59. The summed E-state index contributed by atoms with van der Waals surface area (Å²) in [7, 11) is 1.92. The third-order valence-corrected chi connectivity index (χ3v) is 2.72. The van der Waals surface area contributed by atoms with Crippen LogP contribution in [0.4, 0.5) is 0 Å². The molecule has 0 spiro atoms. The van der Waals surface area contributed by atoms with E-state index in [-0.39, 0.29) is 0 Å². The fourth-order valence-corrected chi connectivity index (χ4v) is 1.84. The standard InChI is InChI=1S/C11H12N6/c1-16-10(8-5-3-2-4-6-8)15-17-9(7-12)13-14-11(16)17/h2-6H,7,12H2,1H3. The molecular formula is C11H12N6. The molecule has 0 aliphatic heterocycles. The van der Waals surface area contributed by atoms with Gasteiger partial charge in [-0.15, -0.1) is 15.3 Å². The predicted molar refractivity (Wildman–Crippen MR) is 63.1 cm³/mol. The molecule has 2 aromatic heterocycles. The van der Waals surface area contributed by atoms with Crippen LogP contribution >= 0.6 is 0 Å². The Kier molecular flexibility index (Phi) is 2.15. The van der Waals surface area contributed by atoms with E-state index in [1.165, 1.54) is 0 Å². The average Bonchev–Trinajstić information content (AvgIpc) is 2.91. The molecule has 3 rings (SSSR count). The van der Waals surface area contributed by atoms with Crippen molar-refractivity contribution < 1.29 is 0 Å². The first-order valence-corrected chi connectivity index (χ1v) is 5.33.